The first-order valence-corrected chi connectivity index (χ1v) is 6.89. The third-order valence-electron chi connectivity index (χ3n) is 6.28. The average Bonchev–Trinajstić information content (AvgIpc) is 2.92. The zero-order valence-electron chi connectivity index (χ0n) is 9.23. The van der Waals surface area contributed by atoms with Gasteiger partial charge in [0.2, 0.25) is 0 Å². The van der Waals surface area contributed by atoms with Gasteiger partial charge in [-0.25, -0.2) is 0 Å². The zero-order chi connectivity index (χ0) is 9.23. The largest absolute Gasteiger partial charge is 0.0533 e. The van der Waals surface area contributed by atoms with E-state index in [2.05, 4.69) is 0 Å². The van der Waals surface area contributed by atoms with Gasteiger partial charge in [0.1, 0.15) is 0 Å². The minimum Gasteiger partial charge on any atom is -0.0533 e. The number of hydrogen-bond acceptors (Lipinski definition) is 0. The van der Waals surface area contributed by atoms with Crippen molar-refractivity contribution in [1.29, 1.82) is 0 Å². The highest BCUT2D eigenvalue weighted by Gasteiger charge is 2.83. The van der Waals surface area contributed by atoms with Crippen LogP contribution in [0.5, 0.6) is 0 Å². The van der Waals surface area contributed by atoms with Crippen LogP contribution in [0.4, 0.5) is 0 Å². The molecule has 0 amide bonds. The first kappa shape index (κ1) is 8.19. The number of rotatable bonds is 0. The van der Waals surface area contributed by atoms with Crippen LogP contribution in [-0.4, -0.2) is 0 Å². The third-order valence-corrected chi connectivity index (χ3v) is 6.28. The molecule has 4 fully saturated rings. The maximum absolute atomic E-state index is 1.66. The lowest BCUT2D eigenvalue weighted by Gasteiger charge is -2.09. The quantitative estimate of drug-likeness (QED) is 0.538. The third kappa shape index (κ3) is 0.750. The van der Waals surface area contributed by atoms with Gasteiger partial charge in [-0.05, 0) is 54.8 Å². The van der Waals surface area contributed by atoms with Crippen molar-refractivity contribution in [3.8, 4) is 0 Å². The minimum atomic E-state index is 0.930. The molecule has 4 aliphatic rings. The molecule has 4 rings (SSSR count). The van der Waals surface area contributed by atoms with Crippen LogP contribution in [0.1, 0.15) is 64.2 Å². The van der Waals surface area contributed by atoms with Crippen molar-refractivity contribution in [2.75, 3.05) is 0 Å². The van der Waals surface area contributed by atoms with E-state index >= 15 is 0 Å². The summed E-state index contributed by atoms with van der Waals surface area (Å²) in [6, 6.07) is 0. The Labute approximate surface area is 87.5 Å². The Kier molecular flexibility index (Phi) is 1.40. The highest BCUT2D eigenvalue weighted by Crippen LogP contribution is 2.90. The Hall–Kier alpha value is 0. The number of fused-ring (bicyclic) bond motifs is 4. The molecule has 0 N–H and O–H groups in total. The lowest BCUT2D eigenvalue weighted by atomic mass is 9.96. The molecule has 0 radical (unpaired) electrons. The van der Waals surface area contributed by atoms with E-state index in [4.69, 9.17) is 0 Å². The smallest absolute Gasteiger partial charge is 0.0173 e. The molecular weight excluding hydrogens is 168 g/mol. The highest BCUT2D eigenvalue weighted by molar-refractivity contribution is 5.31. The Morgan fingerprint density at radius 3 is 2.00 bits per heavy atom. The van der Waals surface area contributed by atoms with E-state index in [9.17, 15) is 0 Å². The van der Waals surface area contributed by atoms with E-state index < -0.39 is 0 Å². The molecule has 0 bridgehead atoms. The van der Waals surface area contributed by atoms with Crippen LogP contribution in [0.25, 0.3) is 0 Å². The van der Waals surface area contributed by atoms with E-state index in [0.29, 0.717) is 0 Å². The monoisotopic (exact) mass is 190 g/mol. The van der Waals surface area contributed by atoms with Crippen molar-refractivity contribution < 1.29 is 0 Å². The second-order valence-electron chi connectivity index (χ2n) is 6.56. The van der Waals surface area contributed by atoms with Crippen molar-refractivity contribution in [3.05, 3.63) is 0 Å². The highest BCUT2D eigenvalue weighted by atomic mass is 14.9. The molecule has 0 heterocycles. The predicted molar refractivity (Wildman–Crippen MR) is 58.0 cm³/mol. The second kappa shape index (κ2) is 2.39. The molecule has 0 aromatic carbocycles. The van der Waals surface area contributed by atoms with E-state index in [1.165, 1.54) is 18.3 Å². The van der Waals surface area contributed by atoms with Gasteiger partial charge in [-0.2, -0.15) is 0 Å². The molecular formula is C14H22. The van der Waals surface area contributed by atoms with Crippen molar-refractivity contribution in [2.45, 2.75) is 64.2 Å². The topological polar surface area (TPSA) is 0 Å². The summed E-state index contributed by atoms with van der Waals surface area (Å²) in [4.78, 5) is 0. The van der Waals surface area contributed by atoms with Crippen molar-refractivity contribution in [1.82, 2.24) is 0 Å². The number of hydrogen-bond donors (Lipinski definition) is 0. The van der Waals surface area contributed by atoms with E-state index in [1.54, 1.807) is 57.8 Å². The molecule has 4 saturated carbocycles. The molecule has 0 saturated heterocycles. The Bertz CT molecular complexity index is 247. The van der Waals surface area contributed by atoms with E-state index in [1.807, 2.05) is 0 Å². The van der Waals surface area contributed by atoms with Crippen LogP contribution in [0.2, 0.25) is 0 Å². The van der Waals surface area contributed by atoms with Crippen LogP contribution in [-0.2, 0) is 0 Å². The summed E-state index contributed by atoms with van der Waals surface area (Å²) in [6.45, 7) is 0. The molecule has 0 aromatic heterocycles. The van der Waals surface area contributed by atoms with E-state index in [-0.39, 0.29) is 0 Å². The maximum atomic E-state index is 1.66. The second-order valence-corrected chi connectivity index (χ2v) is 6.56. The molecule has 2 unspecified atom stereocenters. The molecule has 78 valence electrons. The lowest BCUT2D eigenvalue weighted by Crippen LogP contribution is -2.00. The van der Waals surface area contributed by atoms with Crippen molar-refractivity contribution >= 4 is 0 Å². The van der Waals surface area contributed by atoms with Gasteiger partial charge >= 0.3 is 0 Å². The van der Waals surface area contributed by atoms with Gasteiger partial charge in [0, 0.05) is 0 Å². The Morgan fingerprint density at radius 1 is 0.714 bits per heavy atom. The molecule has 2 atom stereocenters. The van der Waals surface area contributed by atoms with Crippen LogP contribution in [0, 0.1) is 22.7 Å². The standard InChI is InChI=1S/C14H22/c1-2-6-11-12(7-3-1)14(11)10-13(14)8-4-5-9-13/h11-12H,1-10H2. The zero-order valence-corrected chi connectivity index (χ0v) is 9.23. The molecule has 0 heteroatoms. The summed E-state index contributed by atoms with van der Waals surface area (Å²) in [7, 11) is 0. The summed E-state index contributed by atoms with van der Waals surface area (Å²) in [5.74, 6) is 2.42. The summed E-state index contributed by atoms with van der Waals surface area (Å²) in [5, 5.41) is 0. The van der Waals surface area contributed by atoms with E-state index in [0.717, 1.165) is 10.8 Å². The molecule has 4 aliphatic carbocycles. The fraction of sp³-hybridized carbons (Fsp3) is 1.00. The summed E-state index contributed by atoms with van der Waals surface area (Å²) in [5.41, 5.74) is 1.89. The summed E-state index contributed by atoms with van der Waals surface area (Å²) < 4.78 is 0. The average molecular weight is 190 g/mol. The van der Waals surface area contributed by atoms with Gasteiger partial charge in [0.15, 0.2) is 0 Å². The van der Waals surface area contributed by atoms with Gasteiger partial charge in [0.05, 0.1) is 0 Å². The summed E-state index contributed by atoms with van der Waals surface area (Å²) >= 11 is 0. The first-order valence-electron chi connectivity index (χ1n) is 6.89. The lowest BCUT2D eigenvalue weighted by molar-refractivity contribution is 0.407. The minimum absolute atomic E-state index is 0.930. The SMILES string of the molecule is C1CCC2C(CC1)C21CC12CCCC2. The van der Waals surface area contributed by atoms with Gasteiger partial charge < -0.3 is 0 Å². The molecule has 0 aliphatic heterocycles. The van der Waals surface area contributed by atoms with Crippen LogP contribution < -0.4 is 0 Å². The molecule has 14 heavy (non-hydrogen) atoms. The fourth-order valence-corrected chi connectivity index (χ4v) is 5.69. The maximum Gasteiger partial charge on any atom is -0.0173 e. The van der Waals surface area contributed by atoms with Crippen LogP contribution in [0.15, 0.2) is 0 Å². The normalized spacial score (nSPS) is 53.1. The van der Waals surface area contributed by atoms with Gasteiger partial charge in [0.25, 0.3) is 0 Å². The van der Waals surface area contributed by atoms with Crippen molar-refractivity contribution in [2.24, 2.45) is 22.7 Å². The van der Waals surface area contributed by atoms with Gasteiger partial charge in [-0.1, -0.05) is 32.1 Å². The Balaban J connectivity index is 1.59. The predicted octanol–water partition coefficient (Wildman–Crippen LogP) is 4.15. The van der Waals surface area contributed by atoms with Gasteiger partial charge in [-0.15, -0.1) is 0 Å². The molecule has 0 nitrogen and oxygen atoms in total. The first-order chi connectivity index (χ1) is 6.89. The van der Waals surface area contributed by atoms with Crippen molar-refractivity contribution in [3.63, 3.8) is 0 Å². The Morgan fingerprint density at radius 2 is 1.36 bits per heavy atom. The molecule has 2 spiro atoms. The fourth-order valence-electron chi connectivity index (χ4n) is 5.69. The van der Waals surface area contributed by atoms with Crippen LogP contribution in [0.3, 0.4) is 0 Å². The van der Waals surface area contributed by atoms with Crippen LogP contribution >= 0.6 is 0 Å². The molecule has 0 aromatic rings. The summed E-state index contributed by atoms with van der Waals surface area (Å²) in [6.07, 6.45) is 15.9. The van der Waals surface area contributed by atoms with Gasteiger partial charge in [-0.3, -0.25) is 0 Å².